The first-order chi connectivity index (χ1) is 10.5. The Balaban J connectivity index is 2.36. The van der Waals surface area contributed by atoms with Crippen molar-refractivity contribution in [1.29, 1.82) is 0 Å². The van der Waals surface area contributed by atoms with E-state index in [2.05, 4.69) is 9.24 Å². The minimum absolute atomic E-state index is 0.138. The first kappa shape index (κ1) is 19.3. The zero-order chi connectivity index (χ0) is 16.4. The van der Waals surface area contributed by atoms with Gasteiger partial charge in [-0.15, -0.1) is 9.24 Å². The molecule has 0 aromatic carbocycles. The van der Waals surface area contributed by atoms with E-state index in [0.29, 0.717) is 32.7 Å². The van der Waals surface area contributed by atoms with Crippen LogP contribution in [0.25, 0.3) is 0 Å². The summed E-state index contributed by atoms with van der Waals surface area (Å²) in [5.41, 5.74) is 0. The normalized spacial score (nSPS) is 16.7. The summed E-state index contributed by atoms with van der Waals surface area (Å²) in [7, 11) is 2.59. The lowest BCUT2D eigenvalue weighted by molar-refractivity contribution is -0.179. The smallest absolute Gasteiger partial charge is 0.306 e. The SMILES string of the molecule is CC(C)OC(=O)CCC1(CCC(=O)OCCCP)OCCO1. The second kappa shape index (κ2) is 10.1. The molecule has 128 valence electrons. The molecule has 6 nitrogen and oxygen atoms in total. The number of carbonyl (C=O) groups is 2. The molecular weight excluding hydrogens is 307 g/mol. The van der Waals surface area contributed by atoms with Gasteiger partial charge in [0, 0.05) is 12.8 Å². The second-order valence-corrected chi connectivity index (χ2v) is 6.09. The van der Waals surface area contributed by atoms with Crippen molar-refractivity contribution in [3.05, 3.63) is 0 Å². The standard InChI is InChI=1S/C15H27O6P/c1-12(2)21-14(17)5-7-15(19-9-10-20-15)6-4-13(16)18-8-3-11-22/h12H,3-11,22H2,1-2H3. The lowest BCUT2D eigenvalue weighted by Crippen LogP contribution is -2.32. The van der Waals surface area contributed by atoms with E-state index in [4.69, 9.17) is 18.9 Å². The zero-order valence-corrected chi connectivity index (χ0v) is 14.6. The molecule has 1 saturated heterocycles. The van der Waals surface area contributed by atoms with E-state index < -0.39 is 5.79 Å². The minimum atomic E-state index is -0.865. The van der Waals surface area contributed by atoms with Gasteiger partial charge in [-0.25, -0.2) is 0 Å². The number of carbonyl (C=O) groups excluding carboxylic acids is 2. The summed E-state index contributed by atoms with van der Waals surface area (Å²) in [4.78, 5) is 23.3. The molecule has 0 aromatic heterocycles. The highest BCUT2D eigenvalue weighted by Gasteiger charge is 2.37. The van der Waals surface area contributed by atoms with Crippen LogP contribution in [0.1, 0.15) is 46.0 Å². The molecule has 0 amide bonds. The van der Waals surface area contributed by atoms with Crippen molar-refractivity contribution in [2.45, 2.75) is 57.8 Å². The van der Waals surface area contributed by atoms with Gasteiger partial charge in [0.1, 0.15) is 0 Å². The van der Waals surface area contributed by atoms with Crippen molar-refractivity contribution in [3.8, 4) is 0 Å². The van der Waals surface area contributed by atoms with E-state index in [1.54, 1.807) is 13.8 Å². The van der Waals surface area contributed by atoms with Crippen molar-refractivity contribution in [2.24, 2.45) is 0 Å². The maximum atomic E-state index is 11.7. The third-order valence-electron chi connectivity index (χ3n) is 3.21. The maximum Gasteiger partial charge on any atom is 0.306 e. The van der Waals surface area contributed by atoms with Gasteiger partial charge in [0.15, 0.2) is 5.79 Å². The Labute approximate surface area is 134 Å². The molecule has 1 aliphatic rings. The first-order valence-electron chi connectivity index (χ1n) is 7.80. The zero-order valence-electron chi connectivity index (χ0n) is 13.5. The molecule has 0 spiro atoms. The molecule has 22 heavy (non-hydrogen) atoms. The van der Waals surface area contributed by atoms with Crippen LogP contribution in [0.5, 0.6) is 0 Å². The Bertz CT molecular complexity index is 352. The van der Waals surface area contributed by atoms with Gasteiger partial charge in [0.25, 0.3) is 0 Å². The molecule has 0 radical (unpaired) electrons. The number of hydrogen-bond donors (Lipinski definition) is 0. The molecule has 1 atom stereocenters. The van der Waals surface area contributed by atoms with Gasteiger partial charge in [0.2, 0.25) is 0 Å². The summed E-state index contributed by atoms with van der Waals surface area (Å²) >= 11 is 0. The van der Waals surface area contributed by atoms with Gasteiger partial charge in [-0.3, -0.25) is 9.59 Å². The molecule has 7 heteroatoms. The number of esters is 2. The summed E-state index contributed by atoms with van der Waals surface area (Å²) in [6.45, 7) is 4.99. The third kappa shape index (κ3) is 7.52. The van der Waals surface area contributed by atoms with E-state index in [0.717, 1.165) is 12.6 Å². The Morgan fingerprint density at radius 1 is 1.14 bits per heavy atom. The molecule has 0 aromatic rings. The van der Waals surface area contributed by atoms with Crippen molar-refractivity contribution in [3.63, 3.8) is 0 Å². The van der Waals surface area contributed by atoms with Gasteiger partial charge in [-0.1, -0.05) is 0 Å². The van der Waals surface area contributed by atoms with Gasteiger partial charge in [-0.05, 0) is 26.4 Å². The van der Waals surface area contributed by atoms with Gasteiger partial charge in [0.05, 0.1) is 38.8 Å². The highest BCUT2D eigenvalue weighted by Crippen LogP contribution is 2.30. The van der Waals surface area contributed by atoms with Crippen LogP contribution in [0.4, 0.5) is 0 Å². The van der Waals surface area contributed by atoms with Crippen molar-refractivity contribution < 1.29 is 28.5 Å². The molecular formula is C15H27O6P. The fourth-order valence-electron chi connectivity index (χ4n) is 2.16. The second-order valence-electron chi connectivity index (χ2n) is 5.51. The Hall–Kier alpha value is -0.710. The number of rotatable bonds is 10. The molecule has 1 heterocycles. The average Bonchev–Trinajstić information content (AvgIpc) is 2.92. The van der Waals surface area contributed by atoms with E-state index >= 15 is 0 Å². The summed E-state index contributed by atoms with van der Waals surface area (Å²) in [5.74, 6) is -1.41. The van der Waals surface area contributed by atoms with Gasteiger partial charge < -0.3 is 18.9 Å². The van der Waals surface area contributed by atoms with Crippen LogP contribution in [0.2, 0.25) is 0 Å². The van der Waals surface area contributed by atoms with Crippen LogP contribution in [0.15, 0.2) is 0 Å². The molecule has 0 saturated carbocycles. The summed E-state index contributed by atoms with van der Waals surface area (Å²) in [6, 6.07) is 0. The minimum Gasteiger partial charge on any atom is -0.466 e. The fraction of sp³-hybridized carbons (Fsp3) is 0.867. The van der Waals surface area contributed by atoms with Crippen molar-refractivity contribution in [1.82, 2.24) is 0 Å². The summed E-state index contributed by atoms with van der Waals surface area (Å²) in [5, 5.41) is 0. The van der Waals surface area contributed by atoms with Crippen LogP contribution >= 0.6 is 9.24 Å². The van der Waals surface area contributed by atoms with Crippen LogP contribution in [-0.4, -0.2) is 49.8 Å². The monoisotopic (exact) mass is 334 g/mol. The largest absolute Gasteiger partial charge is 0.466 e. The molecule has 1 rings (SSSR count). The van der Waals surface area contributed by atoms with E-state index in [9.17, 15) is 9.59 Å². The highest BCUT2D eigenvalue weighted by molar-refractivity contribution is 7.16. The maximum absolute atomic E-state index is 11.7. The number of hydrogen-bond acceptors (Lipinski definition) is 6. The van der Waals surface area contributed by atoms with Crippen LogP contribution in [-0.2, 0) is 28.5 Å². The van der Waals surface area contributed by atoms with Crippen molar-refractivity contribution >= 4 is 21.2 Å². The van der Waals surface area contributed by atoms with E-state index in [-0.39, 0.29) is 30.9 Å². The topological polar surface area (TPSA) is 71.1 Å². The van der Waals surface area contributed by atoms with Gasteiger partial charge in [-0.2, -0.15) is 0 Å². The molecule has 0 bridgehead atoms. The molecule has 1 unspecified atom stereocenters. The highest BCUT2D eigenvalue weighted by atomic mass is 31.0. The summed E-state index contributed by atoms with van der Waals surface area (Å²) in [6.07, 6.45) is 2.80. The molecule has 0 N–H and O–H groups in total. The number of ether oxygens (including phenoxy) is 4. The van der Waals surface area contributed by atoms with Crippen LogP contribution in [0.3, 0.4) is 0 Å². The van der Waals surface area contributed by atoms with Crippen LogP contribution < -0.4 is 0 Å². The quantitative estimate of drug-likeness (QED) is 0.346. The van der Waals surface area contributed by atoms with Crippen molar-refractivity contribution in [2.75, 3.05) is 26.0 Å². The summed E-state index contributed by atoms with van der Waals surface area (Å²) < 4.78 is 21.5. The molecule has 1 fully saturated rings. The Morgan fingerprint density at radius 3 is 2.27 bits per heavy atom. The van der Waals surface area contributed by atoms with Gasteiger partial charge >= 0.3 is 11.9 Å². The lowest BCUT2D eigenvalue weighted by atomic mass is 10.0. The third-order valence-corrected chi connectivity index (χ3v) is 3.62. The molecule has 0 aliphatic carbocycles. The predicted molar refractivity (Wildman–Crippen MR) is 84.5 cm³/mol. The average molecular weight is 334 g/mol. The van der Waals surface area contributed by atoms with E-state index in [1.165, 1.54) is 0 Å². The Morgan fingerprint density at radius 2 is 1.73 bits per heavy atom. The lowest BCUT2D eigenvalue weighted by Gasteiger charge is -2.26. The Kier molecular flexibility index (Phi) is 8.91. The fourth-order valence-corrected chi connectivity index (χ4v) is 2.33. The van der Waals surface area contributed by atoms with Crippen LogP contribution in [0, 0.1) is 0 Å². The molecule has 1 aliphatic heterocycles. The first-order valence-corrected chi connectivity index (χ1v) is 8.62. The van der Waals surface area contributed by atoms with E-state index in [1.807, 2.05) is 0 Å². The predicted octanol–water partition coefficient (Wildman–Crippen LogP) is 2.05.